The molecular weight excluding hydrogens is 424 g/mol. The highest BCUT2D eigenvalue weighted by Crippen LogP contribution is 2.19. The molecule has 9 heteroatoms. The van der Waals surface area contributed by atoms with Crippen LogP contribution in [0.15, 0.2) is 18.2 Å². The van der Waals surface area contributed by atoms with Gasteiger partial charge in [0, 0.05) is 38.7 Å². The van der Waals surface area contributed by atoms with E-state index in [-0.39, 0.29) is 37.7 Å². The summed E-state index contributed by atoms with van der Waals surface area (Å²) in [6.45, 7) is 2.82. The molecular formula is C24H36N4O5. The number of unbranched alkanes of at least 4 members (excludes halogenated alkanes) is 4. The maximum absolute atomic E-state index is 12.2. The average Bonchev–Trinajstić information content (AvgIpc) is 2.82. The zero-order valence-corrected chi connectivity index (χ0v) is 19.6. The summed E-state index contributed by atoms with van der Waals surface area (Å²) < 4.78 is 0. The number of aryl methyl sites for hydroxylation is 1. The van der Waals surface area contributed by atoms with Gasteiger partial charge in [0.05, 0.1) is 6.54 Å². The number of nitrogens with zero attached hydrogens (tertiary/aromatic N) is 1. The van der Waals surface area contributed by atoms with Crippen molar-refractivity contribution in [3.05, 3.63) is 29.3 Å². The third-order valence-corrected chi connectivity index (χ3v) is 5.37. The third-order valence-electron chi connectivity index (χ3n) is 5.37. The van der Waals surface area contributed by atoms with Gasteiger partial charge in [0.15, 0.2) is 0 Å². The third kappa shape index (κ3) is 10.8. The van der Waals surface area contributed by atoms with Crippen LogP contribution in [0.5, 0.6) is 0 Å². The minimum absolute atomic E-state index is 0.116. The number of hydrogen-bond donors (Lipinski definition) is 3. The number of likely N-dealkylation sites (N-methyl/N-ethyl adjacent to an activating group) is 1. The largest absolute Gasteiger partial charge is 0.376 e. The van der Waals surface area contributed by atoms with E-state index < -0.39 is 6.04 Å². The van der Waals surface area contributed by atoms with Crippen molar-refractivity contribution >= 4 is 36.5 Å². The molecule has 1 rings (SSSR count). The molecule has 1 aromatic carbocycles. The van der Waals surface area contributed by atoms with Crippen LogP contribution in [0.25, 0.3) is 0 Å². The predicted molar refractivity (Wildman–Crippen MR) is 127 cm³/mol. The fourth-order valence-corrected chi connectivity index (χ4v) is 3.39. The van der Waals surface area contributed by atoms with Gasteiger partial charge in [-0.05, 0) is 49.4 Å². The van der Waals surface area contributed by atoms with E-state index >= 15 is 0 Å². The molecule has 3 N–H and O–H groups in total. The van der Waals surface area contributed by atoms with Gasteiger partial charge in [-0.25, -0.2) is 0 Å². The van der Waals surface area contributed by atoms with Crippen LogP contribution in [0.2, 0.25) is 0 Å². The topological polar surface area (TPSA) is 125 Å². The van der Waals surface area contributed by atoms with Crippen molar-refractivity contribution < 1.29 is 24.0 Å². The Balaban J connectivity index is 2.63. The van der Waals surface area contributed by atoms with E-state index in [1.165, 1.54) is 11.9 Å². The van der Waals surface area contributed by atoms with Crippen molar-refractivity contribution in [2.45, 2.75) is 64.5 Å². The highest BCUT2D eigenvalue weighted by molar-refractivity contribution is 5.83. The summed E-state index contributed by atoms with van der Waals surface area (Å²) in [6.07, 6.45) is 7.00. The summed E-state index contributed by atoms with van der Waals surface area (Å²) in [6, 6.07) is 4.86. The number of nitrogens with one attached hydrogen (secondary N) is 3. The molecule has 0 heterocycles. The second-order valence-electron chi connectivity index (χ2n) is 7.87. The first-order valence-corrected chi connectivity index (χ1v) is 11.4. The molecule has 0 aliphatic carbocycles. The summed E-state index contributed by atoms with van der Waals surface area (Å²) >= 11 is 0. The number of hydrogen-bond acceptors (Lipinski definition) is 6. The molecule has 0 bridgehead atoms. The molecule has 1 aromatic rings. The molecule has 33 heavy (non-hydrogen) atoms. The molecule has 0 saturated carbocycles. The van der Waals surface area contributed by atoms with Crippen molar-refractivity contribution in [3.8, 4) is 0 Å². The number of benzene rings is 1. The molecule has 182 valence electrons. The van der Waals surface area contributed by atoms with E-state index in [9.17, 15) is 24.0 Å². The van der Waals surface area contributed by atoms with Gasteiger partial charge in [0.2, 0.25) is 18.2 Å². The number of carbonyl (C=O) groups excluding carboxylic acids is 5. The van der Waals surface area contributed by atoms with Crippen molar-refractivity contribution in [1.82, 2.24) is 15.5 Å². The zero-order valence-electron chi connectivity index (χ0n) is 19.6. The van der Waals surface area contributed by atoms with Gasteiger partial charge in [0.1, 0.15) is 18.6 Å². The summed E-state index contributed by atoms with van der Waals surface area (Å²) in [4.78, 5) is 58.4. The normalized spacial score (nSPS) is 11.2. The highest BCUT2D eigenvalue weighted by Gasteiger charge is 2.24. The van der Waals surface area contributed by atoms with Gasteiger partial charge in [-0.3, -0.25) is 14.4 Å². The lowest BCUT2D eigenvalue weighted by Gasteiger charge is -2.27. The Morgan fingerprint density at radius 1 is 1.03 bits per heavy atom. The van der Waals surface area contributed by atoms with Crippen molar-refractivity contribution in [1.29, 1.82) is 0 Å². The summed E-state index contributed by atoms with van der Waals surface area (Å²) in [5, 5.41) is 8.49. The van der Waals surface area contributed by atoms with Crippen LogP contribution in [0.4, 0.5) is 5.69 Å². The molecule has 0 saturated heterocycles. The van der Waals surface area contributed by atoms with Crippen LogP contribution >= 0.6 is 0 Å². The van der Waals surface area contributed by atoms with Gasteiger partial charge < -0.3 is 30.4 Å². The van der Waals surface area contributed by atoms with E-state index in [1.54, 1.807) is 0 Å². The summed E-state index contributed by atoms with van der Waals surface area (Å²) in [5.74, 6) is -0.440. The predicted octanol–water partition coefficient (Wildman–Crippen LogP) is 1.72. The standard InChI is InChI=1S/C24H36N4O5/c1-19-10-11-21(27-16-23(32)26-12-6-4-3-5-7-13-29)15-20(19)17-28(18-31)22(9-8-14-30)24(33)25-2/h10-11,13-15,18,22,27H,3-9,12,16-17H2,1-2H3,(H,25,33)(H,26,32). The Kier molecular flexibility index (Phi) is 13.8. The first-order valence-electron chi connectivity index (χ1n) is 11.4. The van der Waals surface area contributed by atoms with Crippen LogP contribution in [0.1, 0.15) is 56.1 Å². The molecule has 0 fully saturated rings. The maximum atomic E-state index is 12.2. The van der Waals surface area contributed by atoms with Crippen LogP contribution < -0.4 is 16.0 Å². The van der Waals surface area contributed by atoms with Gasteiger partial charge >= 0.3 is 0 Å². The maximum Gasteiger partial charge on any atom is 0.242 e. The molecule has 1 unspecified atom stereocenters. The fourth-order valence-electron chi connectivity index (χ4n) is 3.39. The lowest BCUT2D eigenvalue weighted by molar-refractivity contribution is -0.133. The first-order chi connectivity index (χ1) is 16.0. The Morgan fingerprint density at radius 3 is 2.42 bits per heavy atom. The molecule has 3 amide bonds. The Morgan fingerprint density at radius 2 is 1.76 bits per heavy atom. The second-order valence-corrected chi connectivity index (χ2v) is 7.87. The van der Waals surface area contributed by atoms with Crippen LogP contribution in [-0.4, -0.2) is 61.9 Å². The molecule has 0 aromatic heterocycles. The van der Waals surface area contributed by atoms with Crippen LogP contribution in [0, 0.1) is 6.92 Å². The number of aldehydes is 2. The molecule has 0 aliphatic heterocycles. The lowest BCUT2D eigenvalue weighted by atomic mass is 10.0. The van der Waals surface area contributed by atoms with Gasteiger partial charge in [-0.2, -0.15) is 0 Å². The molecule has 0 aliphatic rings. The van der Waals surface area contributed by atoms with Crippen LogP contribution in [-0.2, 0) is 30.5 Å². The molecule has 9 nitrogen and oxygen atoms in total. The number of amides is 3. The van der Waals surface area contributed by atoms with E-state index in [0.717, 1.165) is 55.1 Å². The quantitative estimate of drug-likeness (QED) is 0.226. The molecule has 1 atom stereocenters. The monoisotopic (exact) mass is 460 g/mol. The smallest absolute Gasteiger partial charge is 0.242 e. The first kappa shape index (κ1) is 27.8. The van der Waals surface area contributed by atoms with Gasteiger partial charge in [-0.1, -0.05) is 18.9 Å². The second kappa shape index (κ2) is 16.4. The van der Waals surface area contributed by atoms with Gasteiger partial charge in [-0.15, -0.1) is 0 Å². The van der Waals surface area contributed by atoms with Crippen LogP contribution in [0.3, 0.4) is 0 Å². The fraction of sp³-hybridized carbons (Fsp3) is 0.542. The number of rotatable bonds is 18. The Bertz CT molecular complexity index is 784. The van der Waals surface area contributed by atoms with E-state index in [4.69, 9.17) is 0 Å². The van der Waals surface area contributed by atoms with E-state index in [2.05, 4.69) is 16.0 Å². The number of anilines is 1. The summed E-state index contributed by atoms with van der Waals surface area (Å²) in [5.41, 5.74) is 2.51. The molecule has 0 spiro atoms. The van der Waals surface area contributed by atoms with E-state index in [1.807, 2.05) is 25.1 Å². The van der Waals surface area contributed by atoms with E-state index in [0.29, 0.717) is 19.4 Å². The highest BCUT2D eigenvalue weighted by atomic mass is 16.2. The van der Waals surface area contributed by atoms with Crippen molar-refractivity contribution in [2.75, 3.05) is 25.5 Å². The Hall–Kier alpha value is -3.23. The number of carbonyl (C=O) groups is 5. The van der Waals surface area contributed by atoms with Crippen molar-refractivity contribution in [3.63, 3.8) is 0 Å². The summed E-state index contributed by atoms with van der Waals surface area (Å²) in [7, 11) is 1.49. The Labute approximate surface area is 195 Å². The zero-order chi connectivity index (χ0) is 24.5. The van der Waals surface area contributed by atoms with Gasteiger partial charge in [0.25, 0.3) is 0 Å². The van der Waals surface area contributed by atoms with Crippen molar-refractivity contribution in [2.24, 2.45) is 0 Å². The molecule has 0 radical (unpaired) electrons. The average molecular weight is 461 g/mol. The minimum Gasteiger partial charge on any atom is -0.376 e. The minimum atomic E-state index is -0.738. The lowest BCUT2D eigenvalue weighted by Crippen LogP contribution is -2.45. The SMILES string of the molecule is CNC(=O)C(CCC=O)N(C=O)Cc1cc(NCC(=O)NCCCCCCC=O)ccc1C.